The molecule has 298 valence electrons. The lowest BCUT2D eigenvalue weighted by Gasteiger charge is -2.48. The van der Waals surface area contributed by atoms with Gasteiger partial charge in [0.15, 0.2) is 12.1 Å². The number of aliphatic hydroxyl groups is 2. The standard InChI is InChI=1S/C41H61F2NO9/c1-8-35-31(24-42)21-25(2)12-17-33(46)26(3)22-30(18-19-45)39(27(4)34(47)23-36(48)52-35)53-41-38(49)37(44(6)7)40(28(5)51-41)50-20-10-9-11-29-13-15-32(43)16-14-29/h12-17,19,21,26-28,30-31,34-35,37-41,47,49H,8-11,18,20,22-24H2,1-7H3/b17-12+,25-21+/t26-,27+,28-,30+,31-,34-,35-,37-,38-,39-,40-,41+/m1/s1. The number of cyclic esters (lactones) is 1. The van der Waals surface area contributed by atoms with E-state index in [0.717, 1.165) is 31.1 Å². The summed E-state index contributed by atoms with van der Waals surface area (Å²) in [6.07, 6.45) is 1.39. The lowest BCUT2D eigenvalue weighted by atomic mass is 9.79. The number of ether oxygens (including phenoxy) is 4. The molecule has 1 saturated heterocycles. The molecule has 3 rings (SSSR count). The number of unbranched alkanes of at least 4 members (excludes halogenated alkanes) is 1. The first kappa shape index (κ1) is 44.5. The Kier molecular flexibility index (Phi) is 18.4. The number of esters is 1. The van der Waals surface area contributed by atoms with Gasteiger partial charge in [-0.15, -0.1) is 0 Å². The van der Waals surface area contributed by atoms with Crippen LogP contribution in [0.2, 0.25) is 0 Å². The molecule has 2 heterocycles. The largest absolute Gasteiger partial charge is 0.462 e. The molecule has 12 atom stereocenters. The van der Waals surface area contributed by atoms with Crippen LogP contribution < -0.4 is 0 Å². The number of ketones is 1. The Balaban J connectivity index is 1.84. The normalized spacial score (nSPS) is 35.4. The molecule has 1 aromatic rings. The van der Waals surface area contributed by atoms with Crippen molar-refractivity contribution < 1.29 is 52.3 Å². The quantitative estimate of drug-likeness (QED) is 0.150. The Morgan fingerprint density at radius 1 is 1.04 bits per heavy atom. The summed E-state index contributed by atoms with van der Waals surface area (Å²) in [5.74, 6) is -3.84. The first-order chi connectivity index (χ1) is 25.2. The maximum Gasteiger partial charge on any atom is 0.308 e. The molecule has 0 aliphatic carbocycles. The van der Waals surface area contributed by atoms with Gasteiger partial charge in [-0.2, -0.15) is 0 Å². The van der Waals surface area contributed by atoms with E-state index in [4.69, 9.17) is 18.9 Å². The molecule has 0 aromatic heterocycles. The summed E-state index contributed by atoms with van der Waals surface area (Å²) in [5, 5.41) is 23.2. The number of hydrogen-bond donors (Lipinski definition) is 2. The summed E-state index contributed by atoms with van der Waals surface area (Å²) >= 11 is 0. The average Bonchev–Trinajstić information content (AvgIpc) is 3.12. The van der Waals surface area contributed by atoms with Gasteiger partial charge in [0, 0.05) is 30.8 Å². The summed E-state index contributed by atoms with van der Waals surface area (Å²) < 4.78 is 52.2. The van der Waals surface area contributed by atoms with Crippen LogP contribution in [0.3, 0.4) is 0 Å². The van der Waals surface area contributed by atoms with Crippen molar-refractivity contribution in [2.45, 2.75) is 129 Å². The van der Waals surface area contributed by atoms with E-state index >= 15 is 0 Å². The maximum atomic E-state index is 14.1. The maximum absolute atomic E-state index is 14.1. The van der Waals surface area contributed by atoms with Gasteiger partial charge in [-0.05, 0) is 89.7 Å². The molecular formula is C41H61F2NO9. The van der Waals surface area contributed by atoms with Crippen molar-refractivity contribution in [3.63, 3.8) is 0 Å². The fraction of sp³-hybridized carbons (Fsp3) is 0.683. The van der Waals surface area contributed by atoms with Gasteiger partial charge in [-0.25, -0.2) is 4.39 Å². The van der Waals surface area contributed by atoms with Crippen molar-refractivity contribution in [2.24, 2.45) is 23.7 Å². The zero-order chi connectivity index (χ0) is 39.2. The molecule has 12 heteroatoms. The Labute approximate surface area is 313 Å². The van der Waals surface area contributed by atoms with Crippen molar-refractivity contribution in [3.8, 4) is 0 Å². The van der Waals surface area contributed by atoms with Gasteiger partial charge in [0.25, 0.3) is 0 Å². The summed E-state index contributed by atoms with van der Waals surface area (Å²) in [5.41, 5.74) is 1.67. The number of hydrogen-bond acceptors (Lipinski definition) is 10. The number of benzene rings is 1. The molecule has 1 fully saturated rings. The van der Waals surface area contributed by atoms with Gasteiger partial charge in [-0.1, -0.05) is 50.6 Å². The number of nitrogens with zero attached hydrogens (tertiary/aromatic N) is 1. The van der Waals surface area contributed by atoms with Crippen LogP contribution in [0.1, 0.15) is 78.7 Å². The number of aryl methyl sites for hydroxylation is 1. The van der Waals surface area contributed by atoms with Crippen LogP contribution in [0.25, 0.3) is 0 Å². The molecule has 0 bridgehead atoms. The molecule has 10 nitrogen and oxygen atoms in total. The van der Waals surface area contributed by atoms with Gasteiger partial charge in [0.05, 0.1) is 37.4 Å². The Morgan fingerprint density at radius 2 is 1.74 bits per heavy atom. The number of carbonyl (C=O) groups excluding carboxylic acids is 3. The Bertz CT molecular complexity index is 1360. The van der Waals surface area contributed by atoms with Crippen molar-refractivity contribution in [2.75, 3.05) is 27.4 Å². The number of aldehydes is 1. The predicted molar refractivity (Wildman–Crippen MR) is 197 cm³/mol. The van der Waals surface area contributed by atoms with Crippen LogP contribution in [-0.4, -0.2) is 109 Å². The molecule has 0 unspecified atom stereocenters. The smallest absolute Gasteiger partial charge is 0.308 e. The Hall–Kier alpha value is -2.87. The predicted octanol–water partition coefficient (Wildman–Crippen LogP) is 5.57. The molecule has 53 heavy (non-hydrogen) atoms. The van der Waals surface area contributed by atoms with E-state index in [-0.39, 0.29) is 24.4 Å². The van der Waals surface area contributed by atoms with Gasteiger partial charge in [-0.3, -0.25) is 14.0 Å². The third-order valence-electron chi connectivity index (χ3n) is 10.6. The number of aliphatic hydroxyl groups excluding tert-OH is 2. The number of carbonyl (C=O) groups is 3. The highest BCUT2D eigenvalue weighted by molar-refractivity contribution is 5.91. The number of allylic oxidation sites excluding steroid dienone is 3. The SMILES string of the molecule is CC[C@H]1OC(=O)C[C@@H](O)[C@H](C)[C@@H](O[C@@H]2O[C@H](C)[C@@H](OCCCCc3ccc(F)cc3)[C@H](N(C)C)[C@H]2O)[C@@H](CC=O)C[C@@H](C)C(=O)/C=C/C(C)=C/[C@@H]1CF. The van der Waals surface area contributed by atoms with E-state index in [0.29, 0.717) is 18.6 Å². The van der Waals surface area contributed by atoms with E-state index in [1.807, 2.05) is 25.9 Å². The van der Waals surface area contributed by atoms with Gasteiger partial charge in [0.1, 0.15) is 30.4 Å². The second-order valence-electron chi connectivity index (χ2n) is 15.0. The van der Waals surface area contributed by atoms with Crippen LogP contribution in [0.5, 0.6) is 0 Å². The molecule has 2 N–H and O–H groups in total. The van der Waals surface area contributed by atoms with Crippen LogP contribution in [-0.2, 0) is 39.8 Å². The minimum atomic E-state index is -1.30. The van der Waals surface area contributed by atoms with Crippen molar-refractivity contribution in [1.82, 2.24) is 4.90 Å². The van der Waals surface area contributed by atoms with E-state index in [9.17, 15) is 33.4 Å². The summed E-state index contributed by atoms with van der Waals surface area (Å²) in [7, 11) is 3.64. The number of halogens is 2. The molecule has 1 aromatic carbocycles. The van der Waals surface area contributed by atoms with Crippen LogP contribution in [0.15, 0.2) is 48.1 Å². The highest BCUT2D eigenvalue weighted by atomic mass is 19.1. The van der Waals surface area contributed by atoms with Crippen LogP contribution >= 0.6 is 0 Å². The molecule has 2 aliphatic rings. The number of rotatable bonds is 13. The van der Waals surface area contributed by atoms with E-state index in [2.05, 4.69) is 0 Å². The molecular weight excluding hydrogens is 688 g/mol. The molecule has 0 radical (unpaired) electrons. The minimum absolute atomic E-state index is 0.0122. The van der Waals surface area contributed by atoms with Gasteiger partial charge in [0.2, 0.25) is 0 Å². The van der Waals surface area contributed by atoms with Gasteiger partial charge >= 0.3 is 5.97 Å². The third kappa shape index (κ3) is 13.1. The molecule has 0 spiro atoms. The first-order valence-electron chi connectivity index (χ1n) is 19.0. The zero-order valence-electron chi connectivity index (χ0n) is 32.4. The van der Waals surface area contributed by atoms with Gasteiger partial charge < -0.3 is 38.9 Å². The average molecular weight is 750 g/mol. The van der Waals surface area contributed by atoms with Crippen LogP contribution in [0.4, 0.5) is 8.78 Å². The minimum Gasteiger partial charge on any atom is -0.462 e. The van der Waals surface area contributed by atoms with E-state index in [1.165, 1.54) is 18.2 Å². The number of alkyl halides is 1. The number of likely N-dealkylation sites (N-methyl/N-ethyl adjacent to an activating group) is 1. The summed E-state index contributed by atoms with van der Waals surface area (Å²) in [6.45, 7) is 8.41. The summed E-state index contributed by atoms with van der Waals surface area (Å²) in [6, 6.07) is 5.87. The monoisotopic (exact) mass is 749 g/mol. The highest BCUT2D eigenvalue weighted by Gasteiger charge is 2.48. The molecule has 0 amide bonds. The van der Waals surface area contributed by atoms with Crippen LogP contribution in [0, 0.1) is 29.5 Å². The van der Waals surface area contributed by atoms with Crippen molar-refractivity contribution in [3.05, 3.63) is 59.4 Å². The van der Waals surface area contributed by atoms with E-state index < -0.39 is 91.7 Å². The topological polar surface area (TPSA) is 132 Å². The Morgan fingerprint density at radius 3 is 2.36 bits per heavy atom. The van der Waals surface area contributed by atoms with Crippen molar-refractivity contribution in [1.29, 1.82) is 0 Å². The molecule has 2 aliphatic heterocycles. The second kappa shape index (κ2) is 21.9. The van der Waals surface area contributed by atoms with Crippen molar-refractivity contribution >= 4 is 18.0 Å². The summed E-state index contributed by atoms with van der Waals surface area (Å²) in [4.78, 5) is 40.3. The molecule has 0 saturated carbocycles. The van der Waals surface area contributed by atoms with E-state index in [1.54, 1.807) is 52.0 Å². The highest BCUT2D eigenvalue weighted by Crippen LogP contribution is 2.35. The zero-order valence-corrected chi connectivity index (χ0v) is 32.4. The first-order valence-corrected chi connectivity index (χ1v) is 19.0. The lowest BCUT2D eigenvalue weighted by Crippen LogP contribution is -2.64. The third-order valence-corrected chi connectivity index (χ3v) is 10.6. The fourth-order valence-electron chi connectivity index (χ4n) is 7.42. The lowest BCUT2D eigenvalue weighted by molar-refractivity contribution is -0.309. The fourth-order valence-corrected chi connectivity index (χ4v) is 7.42. The second-order valence-corrected chi connectivity index (χ2v) is 15.0.